The zero-order chi connectivity index (χ0) is 16.7. The first-order chi connectivity index (χ1) is 11.1. The summed E-state index contributed by atoms with van der Waals surface area (Å²) in [6.45, 7) is 0.131. The Labute approximate surface area is 148 Å². The summed E-state index contributed by atoms with van der Waals surface area (Å²) in [5.74, 6) is -0.550. The monoisotopic (exact) mass is 425 g/mol. The number of nitrogens with one attached hydrogen (secondary N) is 1. The van der Waals surface area contributed by atoms with Gasteiger partial charge < -0.3 is 14.8 Å². The molecule has 0 radical (unpaired) electrons. The highest BCUT2D eigenvalue weighted by atomic mass is 127. The van der Waals surface area contributed by atoms with E-state index < -0.39 is 18.1 Å². The number of benzene rings is 2. The molecule has 1 amide bonds. The van der Waals surface area contributed by atoms with Crippen molar-refractivity contribution in [3.05, 3.63) is 69.3 Å². The lowest BCUT2D eigenvalue weighted by molar-refractivity contribution is -0.143. The predicted molar refractivity (Wildman–Crippen MR) is 93.7 cm³/mol. The number of methoxy groups -OCH3 is 1. The molecule has 1 atom stereocenters. The topological polar surface area (TPSA) is 64.6 Å². The summed E-state index contributed by atoms with van der Waals surface area (Å²) in [6.07, 6.45) is -0.677. The molecule has 5 nitrogen and oxygen atoms in total. The molecule has 0 saturated carbocycles. The molecule has 0 aliphatic rings. The molecular formula is C17H16INO4. The Hall–Kier alpha value is -2.09. The second kappa shape index (κ2) is 8.52. The summed E-state index contributed by atoms with van der Waals surface area (Å²) in [4.78, 5) is 24.0. The molecule has 2 aromatic rings. The van der Waals surface area contributed by atoms with Crippen LogP contribution in [-0.2, 0) is 20.9 Å². The van der Waals surface area contributed by atoms with E-state index in [1.54, 1.807) is 12.1 Å². The normalized spacial score (nSPS) is 11.4. The van der Waals surface area contributed by atoms with Crippen LogP contribution in [0.5, 0.6) is 0 Å². The number of carbonyl (C=O) groups excluding carboxylic acids is 2. The van der Waals surface area contributed by atoms with E-state index in [1.807, 2.05) is 42.5 Å². The minimum atomic E-state index is -0.906. The van der Waals surface area contributed by atoms with Gasteiger partial charge in [-0.25, -0.2) is 9.59 Å². The third-order valence-electron chi connectivity index (χ3n) is 3.13. The first kappa shape index (κ1) is 17.3. The van der Waals surface area contributed by atoms with Gasteiger partial charge in [0.1, 0.15) is 6.61 Å². The fourth-order valence-electron chi connectivity index (χ4n) is 1.97. The third-order valence-corrected chi connectivity index (χ3v) is 4.11. The van der Waals surface area contributed by atoms with Gasteiger partial charge in [0.05, 0.1) is 7.11 Å². The molecule has 1 unspecified atom stereocenters. The molecule has 0 fully saturated rings. The van der Waals surface area contributed by atoms with Crippen LogP contribution in [0.1, 0.15) is 17.2 Å². The van der Waals surface area contributed by atoms with Crippen molar-refractivity contribution >= 4 is 34.7 Å². The minimum absolute atomic E-state index is 0.131. The standard InChI is InChI=1S/C17H16INO4/c1-22-16(20)15(13-9-5-6-10-14(13)18)19-17(21)23-11-12-7-3-2-4-8-12/h2-10,15H,11H2,1H3,(H,19,21). The predicted octanol–water partition coefficient (Wildman–Crippen LogP) is 3.43. The van der Waals surface area contributed by atoms with E-state index in [9.17, 15) is 9.59 Å². The molecule has 23 heavy (non-hydrogen) atoms. The van der Waals surface area contributed by atoms with Crippen molar-refractivity contribution in [3.8, 4) is 0 Å². The van der Waals surface area contributed by atoms with Gasteiger partial charge in [-0.05, 0) is 39.8 Å². The summed E-state index contributed by atoms with van der Waals surface area (Å²) < 4.78 is 10.8. The Kier molecular flexibility index (Phi) is 6.40. The van der Waals surface area contributed by atoms with Crippen LogP contribution >= 0.6 is 22.6 Å². The summed E-state index contributed by atoms with van der Waals surface area (Å²) in [5, 5.41) is 2.55. The summed E-state index contributed by atoms with van der Waals surface area (Å²) in [6, 6.07) is 15.7. The van der Waals surface area contributed by atoms with Gasteiger partial charge in [-0.1, -0.05) is 48.5 Å². The molecule has 0 aromatic heterocycles. The second-order valence-electron chi connectivity index (χ2n) is 4.68. The molecule has 0 bridgehead atoms. The van der Waals surface area contributed by atoms with Crippen LogP contribution in [-0.4, -0.2) is 19.2 Å². The van der Waals surface area contributed by atoms with Gasteiger partial charge in [-0.2, -0.15) is 0 Å². The quantitative estimate of drug-likeness (QED) is 0.589. The van der Waals surface area contributed by atoms with E-state index in [-0.39, 0.29) is 6.61 Å². The zero-order valence-electron chi connectivity index (χ0n) is 12.5. The molecule has 0 aliphatic carbocycles. The minimum Gasteiger partial charge on any atom is -0.467 e. The zero-order valence-corrected chi connectivity index (χ0v) is 14.6. The fourth-order valence-corrected chi connectivity index (χ4v) is 2.67. The SMILES string of the molecule is COC(=O)C(NC(=O)OCc1ccccc1)c1ccccc1I. The number of alkyl carbamates (subject to hydrolysis) is 1. The van der Waals surface area contributed by atoms with Crippen LogP contribution in [0.15, 0.2) is 54.6 Å². The number of rotatable bonds is 5. The van der Waals surface area contributed by atoms with E-state index in [2.05, 4.69) is 27.9 Å². The maximum atomic E-state index is 12.0. The number of esters is 1. The summed E-state index contributed by atoms with van der Waals surface area (Å²) in [5.41, 5.74) is 1.53. The molecule has 0 spiro atoms. The van der Waals surface area contributed by atoms with Gasteiger partial charge >= 0.3 is 12.1 Å². The van der Waals surface area contributed by atoms with E-state index in [0.29, 0.717) is 5.56 Å². The molecule has 6 heteroatoms. The van der Waals surface area contributed by atoms with Gasteiger partial charge in [0.15, 0.2) is 6.04 Å². The fraction of sp³-hybridized carbons (Fsp3) is 0.176. The molecule has 120 valence electrons. The van der Waals surface area contributed by atoms with Crippen LogP contribution in [0.2, 0.25) is 0 Å². The van der Waals surface area contributed by atoms with E-state index in [4.69, 9.17) is 9.47 Å². The van der Waals surface area contributed by atoms with Crippen LogP contribution < -0.4 is 5.32 Å². The van der Waals surface area contributed by atoms with Gasteiger partial charge in [0, 0.05) is 3.57 Å². The first-order valence-electron chi connectivity index (χ1n) is 6.91. The highest BCUT2D eigenvalue weighted by Crippen LogP contribution is 2.21. The van der Waals surface area contributed by atoms with Crippen LogP contribution in [0, 0.1) is 3.57 Å². The largest absolute Gasteiger partial charge is 0.467 e. The Balaban J connectivity index is 2.05. The lowest BCUT2D eigenvalue weighted by atomic mass is 10.1. The number of ether oxygens (including phenoxy) is 2. The van der Waals surface area contributed by atoms with Gasteiger partial charge in [0.25, 0.3) is 0 Å². The molecule has 0 aliphatic heterocycles. The maximum absolute atomic E-state index is 12.0. The second-order valence-corrected chi connectivity index (χ2v) is 5.85. The lowest BCUT2D eigenvalue weighted by Gasteiger charge is -2.18. The van der Waals surface area contributed by atoms with E-state index >= 15 is 0 Å². The maximum Gasteiger partial charge on any atom is 0.408 e. The number of hydrogen-bond donors (Lipinski definition) is 1. The lowest BCUT2D eigenvalue weighted by Crippen LogP contribution is -2.35. The molecule has 0 saturated heterocycles. The highest BCUT2D eigenvalue weighted by Gasteiger charge is 2.25. The first-order valence-corrected chi connectivity index (χ1v) is 7.99. The van der Waals surface area contributed by atoms with Crippen molar-refractivity contribution in [2.75, 3.05) is 7.11 Å². The number of hydrogen-bond acceptors (Lipinski definition) is 4. The molecule has 1 N–H and O–H groups in total. The summed E-state index contributed by atoms with van der Waals surface area (Å²) >= 11 is 2.10. The molecule has 2 rings (SSSR count). The average molecular weight is 425 g/mol. The van der Waals surface area contributed by atoms with Crippen molar-refractivity contribution < 1.29 is 19.1 Å². The molecular weight excluding hydrogens is 409 g/mol. The van der Waals surface area contributed by atoms with Crippen molar-refractivity contribution in [2.24, 2.45) is 0 Å². The van der Waals surface area contributed by atoms with Gasteiger partial charge in [-0.3, -0.25) is 0 Å². The van der Waals surface area contributed by atoms with Crippen molar-refractivity contribution in [3.63, 3.8) is 0 Å². The Bertz CT molecular complexity index is 675. The van der Waals surface area contributed by atoms with Crippen molar-refractivity contribution in [2.45, 2.75) is 12.6 Å². The van der Waals surface area contributed by atoms with E-state index in [1.165, 1.54) is 7.11 Å². The van der Waals surface area contributed by atoms with Gasteiger partial charge in [-0.15, -0.1) is 0 Å². The highest BCUT2D eigenvalue weighted by molar-refractivity contribution is 14.1. The molecule has 2 aromatic carbocycles. The Morgan fingerprint density at radius 2 is 1.74 bits per heavy atom. The Morgan fingerprint density at radius 3 is 2.39 bits per heavy atom. The van der Waals surface area contributed by atoms with Crippen molar-refractivity contribution in [1.82, 2.24) is 5.32 Å². The van der Waals surface area contributed by atoms with Crippen LogP contribution in [0.25, 0.3) is 0 Å². The molecule has 0 heterocycles. The Morgan fingerprint density at radius 1 is 1.09 bits per heavy atom. The van der Waals surface area contributed by atoms with E-state index in [0.717, 1.165) is 9.13 Å². The van der Waals surface area contributed by atoms with Crippen molar-refractivity contribution in [1.29, 1.82) is 0 Å². The smallest absolute Gasteiger partial charge is 0.408 e. The van der Waals surface area contributed by atoms with Crippen LogP contribution in [0.3, 0.4) is 0 Å². The van der Waals surface area contributed by atoms with Crippen LogP contribution in [0.4, 0.5) is 4.79 Å². The average Bonchev–Trinajstić information content (AvgIpc) is 2.59. The number of halogens is 1. The third kappa shape index (κ3) is 4.95. The summed E-state index contributed by atoms with van der Waals surface area (Å²) in [7, 11) is 1.28. The number of amides is 1. The van der Waals surface area contributed by atoms with Gasteiger partial charge in [0.2, 0.25) is 0 Å². The number of carbonyl (C=O) groups is 2.